The van der Waals surface area contributed by atoms with E-state index in [1.165, 1.54) is 12.1 Å². The molecule has 7 nitrogen and oxygen atoms in total. The Morgan fingerprint density at radius 3 is 2.62 bits per heavy atom. The van der Waals surface area contributed by atoms with Gasteiger partial charge in [0.2, 0.25) is 5.88 Å². The number of nitrogens with zero attached hydrogens (tertiary/aromatic N) is 2. The van der Waals surface area contributed by atoms with Crippen molar-refractivity contribution < 1.29 is 19.4 Å². The first-order chi connectivity index (χ1) is 12.5. The van der Waals surface area contributed by atoms with E-state index in [4.69, 9.17) is 32.7 Å². The minimum Gasteiger partial charge on any atom is -0.493 e. The summed E-state index contributed by atoms with van der Waals surface area (Å²) < 4.78 is 11.0. The highest BCUT2D eigenvalue weighted by Crippen LogP contribution is 2.42. The number of azo groups is 1. The molecule has 2 N–H and O–H groups in total. The maximum atomic E-state index is 12.3. The largest absolute Gasteiger partial charge is 0.493 e. The van der Waals surface area contributed by atoms with Crippen LogP contribution in [0, 0.1) is 0 Å². The Morgan fingerprint density at radius 2 is 1.85 bits per heavy atom. The highest BCUT2D eigenvalue weighted by atomic mass is 35.5. The highest BCUT2D eigenvalue weighted by Gasteiger charge is 2.19. The number of halogens is 2. The summed E-state index contributed by atoms with van der Waals surface area (Å²) in [6.07, 6.45) is 0. The minimum atomic E-state index is -0.677. The van der Waals surface area contributed by atoms with E-state index in [1.54, 1.807) is 18.2 Å². The summed E-state index contributed by atoms with van der Waals surface area (Å²) in [4.78, 5) is 15.0. The molecule has 0 saturated heterocycles. The van der Waals surface area contributed by atoms with Gasteiger partial charge in [-0.25, -0.2) is 0 Å². The second-order valence-electron chi connectivity index (χ2n) is 5.49. The van der Waals surface area contributed by atoms with Crippen molar-refractivity contribution in [2.45, 2.75) is 0 Å². The Bertz CT molecular complexity index is 1060. The third-order valence-electron chi connectivity index (χ3n) is 3.81. The monoisotopic (exact) mass is 391 g/mol. The van der Waals surface area contributed by atoms with Gasteiger partial charge in [-0.15, -0.1) is 10.2 Å². The molecule has 0 unspecified atom stereocenters. The van der Waals surface area contributed by atoms with Crippen LogP contribution in [0.3, 0.4) is 0 Å². The molecule has 4 rings (SSSR count). The number of H-pyrrole nitrogens is 1. The smallest absolute Gasteiger partial charge is 0.296 e. The number of amides is 1. The van der Waals surface area contributed by atoms with Gasteiger partial charge in [-0.3, -0.25) is 4.79 Å². The quantitative estimate of drug-likeness (QED) is 0.608. The lowest BCUT2D eigenvalue weighted by molar-refractivity contribution is 0.0995. The Morgan fingerprint density at radius 1 is 1.12 bits per heavy atom. The van der Waals surface area contributed by atoms with Crippen LogP contribution in [0.1, 0.15) is 10.4 Å². The Labute approximate surface area is 157 Å². The zero-order chi connectivity index (χ0) is 18.3. The van der Waals surface area contributed by atoms with Crippen LogP contribution in [0.15, 0.2) is 40.6 Å². The van der Waals surface area contributed by atoms with E-state index in [9.17, 15) is 9.90 Å². The van der Waals surface area contributed by atoms with Crippen LogP contribution >= 0.6 is 23.2 Å². The van der Waals surface area contributed by atoms with Crippen molar-refractivity contribution in [1.82, 2.24) is 4.98 Å². The molecule has 0 aliphatic carbocycles. The van der Waals surface area contributed by atoms with Crippen molar-refractivity contribution in [1.29, 1.82) is 0 Å². The van der Waals surface area contributed by atoms with Crippen LogP contribution in [0.2, 0.25) is 10.0 Å². The molecule has 1 amide bonds. The summed E-state index contributed by atoms with van der Waals surface area (Å²) >= 11 is 11.9. The molecule has 1 aliphatic rings. The third-order valence-corrected chi connectivity index (χ3v) is 4.38. The fraction of sp³-hybridized carbons (Fsp3) is 0.118. The molecular weight excluding hydrogens is 381 g/mol. The molecule has 0 fully saturated rings. The molecule has 0 atom stereocenters. The van der Waals surface area contributed by atoms with E-state index in [0.29, 0.717) is 40.6 Å². The molecule has 132 valence electrons. The van der Waals surface area contributed by atoms with Crippen LogP contribution in [0.4, 0.5) is 5.69 Å². The molecular formula is C17H11Cl2N3O4. The van der Waals surface area contributed by atoms with Gasteiger partial charge in [0.15, 0.2) is 17.2 Å². The number of benzene rings is 2. The Kier molecular flexibility index (Phi) is 4.18. The van der Waals surface area contributed by atoms with Gasteiger partial charge >= 0.3 is 0 Å². The molecule has 1 aliphatic heterocycles. The first kappa shape index (κ1) is 16.7. The van der Waals surface area contributed by atoms with Gasteiger partial charge in [-0.05, 0) is 24.3 Å². The second-order valence-corrected chi connectivity index (χ2v) is 6.34. The molecule has 2 heterocycles. The number of nitrogens with one attached hydrogen (secondary N) is 1. The summed E-state index contributed by atoms with van der Waals surface area (Å²) in [5.41, 5.74) is 0.814. The zero-order valence-corrected chi connectivity index (χ0v) is 14.6. The maximum Gasteiger partial charge on any atom is 0.296 e. The van der Waals surface area contributed by atoms with Crippen molar-refractivity contribution >= 4 is 45.7 Å². The molecule has 0 radical (unpaired) electrons. The van der Waals surface area contributed by atoms with Crippen LogP contribution in [0.5, 0.6) is 17.4 Å². The molecule has 3 aromatic rings. The van der Waals surface area contributed by atoms with E-state index >= 15 is 0 Å². The number of rotatable bonds is 2. The lowest BCUT2D eigenvalue weighted by Gasteiger charge is -2.17. The number of fused-ring (bicyclic) bond motifs is 2. The molecule has 0 spiro atoms. The van der Waals surface area contributed by atoms with Crippen molar-refractivity contribution in [3.63, 3.8) is 0 Å². The summed E-state index contributed by atoms with van der Waals surface area (Å²) in [7, 11) is 0. The SMILES string of the molecule is O=C(N=Nc1c(O)[nH]c2cc3c(cc12)OCCO3)c1cc(Cl)ccc1Cl. The van der Waals surface area contributed by atoms with E-state index in [-0.39, 0.29) is 22.2 Å². The Balaban J connectivity index is 1.72. The number of aromatic hydroxyl groups is 1. The molecule has 26 heavy (non-hydrogen) atoms. The normalized spacial score (nSPS) is 13.5. The van der Waals surface area contributed by atoms with Crippen LogP contribution in [-0.4, -0.2) is 29.2 Å². The standard InChI is InChI=1S/C17H11Cl2N3O4/c18-8-1-2-11(19)9(5-8)16(23)22-21-15-10-6-13-14(26-4-3-25-13)7-12(10)20-17(15)24/h1-2,5-7,20,24H,3-4H2. The maximum absolute atomic E-state index is 12.3. The average Bonchev–Trinajstić information content (AvgIpc) is 2.93. The van der Waals surface area contributed by atoms with Gasteiger partial charge in [0, 0.05) is 16.5 Å². The first-order valence-corrected chi connectivity index (χ1v) is 8.34. The van der Waals surface area contributed by atoms with Crippen LogP contribution in [-0.2, 0) is 0 Å². The van der Waals surface area contributed by atoms with E-state index in [1.807, 2.05) is 0 Å². The summed E-state index contributed by atoms with van der Waals surface area (Å²) in [5, 5.41) is 18.8. The second kappa shape index (κ2) is 6.51. The lowest BCUT2D eigenvalue weighted by Crippen LogP contribution is -2.15. The van der Waals surface area contributed by atoms with Gasteiger partial charge in [0.1, 0.15) is 13.2 Å². The van der Waals surface area contributed by atoms with Crippen LogP contribution < -0.4 is 9.47 Å². The van der Waals surface area contributed by atoms with Crippen molar-refractivity contribution in [3.05, 3.63) is 45.9 Å². The number of aromatic amines is 1. The molecule has 0 saturated carbocycles. The van der Waals surface area contributed by atoms with E-state index < -0.39 is 5.91 Å². The molecule has 1 aromatic heterocycles. The number of carbonyl (C=O) groups excluding carboxylic acids is 1. The van der Waals surface area contributed by atoms with Gasteiger partial charge in [0.25, 0.3) is 5.91 Å². The topological polar surface area (TPSA) is 96.3 Å². The first-order valence-electron chi connectivity index (χ1n) is 7.58. The van der Waals surface area contributed by atoms with Crippen molar-refractivity contribution in [2.24, 2.45) is 10.2 Å². The van der Waals surface area contributed by atoms with E-state index in [2.05, 4.69) is 15.2 Å². The van der Waals surface area contributed by atoms with E-state index in [0.717, 1.165) is 0 Å². The zero-order valence-electron chi connectivity index (χ0n) is 13.1. The fourth-order valence-corrected chi connectivity index (χ4v) is 2.98. The number of aromatic nitrogens is 1. The van der Waals surface area contributed by atoms with Gasteiger partial charge < -0.3 is 19.6 Å². The predicted molar refractivity (Wildman–Crippen MR) is 96.3 cm³/mol. The Hall–Kier alpha value is -2.77. The van der Waals surface area contributed by atoms with Gasteiger partial charge in [-0.2, -0.15) is 0 Å². The molecule has 9 heteroatoms. The van der Waals surface area contributed by atoms with Crippen LogP contribution in [0.25, 0.3) is 10.9 Å². The number of hydrogen-bond acceptors (Lipinski definition) is 5. The van der Waals surface area contributed by atoms with Gasteiger partial charge in [0.05, 0.1) is 16.1 Å². The number of ether oxygens (including phenoxy) is 2. The number of carbonyl (C=O) groups is 1. The van der Waals surface area contributed by atoms with Crippen molar-refractivity contribution in [3.8, 4) is 17.4 Å². The lowest BCUT2D eigenvalue weighted by atomic mass is 10.2. The highest BCUT2D eigenvalue weighted by molar-refractivity contribution is 6.35. The van der Waals surface area contributed by atoms with Gasteiger partial charge in [-0.1, -0.05) is 23.2 Å². The summed E-state index contributed by atoms with van der Waals surface area (Å²) in [6.45, 7) is 0.879. The van der Waals surface area contributed by atoms with Crippen molar-refractivity contribution in [2.75, 3.05) is 13.2 Å². The third kappa shape index (κ3) is 2.95. The average molecular weight is 392 g/mol. The summed E-state index contributed by atoms with van der Waals surface area (Å²) in [6, 6.07) is 7.83. The number of hydrogen-bond donors (Lipinski definition) is 2. The minimum absolute atomic E-state index is 0.114. The molecule has 2 aromatic carbocycles. The fourth-order valence-electron chi connectivity index (χ4n) is 2.61. The summed E-state index contributed by atoms with van der Waals surface area (Å²) in [5.74, 6) is 0.193. The molecule has 0 bridgehead atoms. The predicted octanol–water partition coefficient (Wildman–Crippen LogP) is 4.88.